The van der Waals surface area contributed by atoms with Gasteiger partial charge in [0.1, 0.15) is 0 Å². The monoisotopic (exact) mass is 600 g/mol. The van der Waals surface area contributed by atoms with Crippen LogP contribution in [0, 0.1) is 0 Å². The van der Waals surface area contributed by atoms with E-state index < -0.39 is 0 Å². The van der Waals surface area contributed by atoms with E-state index in [2.05, 4.69) is 156 Å². The van der Waals surface area contributed by atoms with E-state index in [1.807, 2.05) is 0 Å². The van der Waals surface area contributed by atoms with Crippen molar-refractivity contribution in [3.8, 4) is 28.3 Å². The first kappa shape index (κ1) is 25.2. The highest BCUT2D eigenvalue weighted by Crippen LogP contribution is 2.52. The number of fused-ring (bicyclic) bond motifs is 12. The van der Waals surface area contributed by atoms with E-state index in [9.17, 15) is 0 Å². The third-order valence-corrected chi connectivity index (χ3v) is 10.7. The Morgan fingerprint density at radius 3 is 2.02 bits per heavy atom. The molecule has 220 valence electrons. The lowest BCUT2D eigenvalue weighted by Gasteiger charge is -2.21. The lowest BCUT2D eigenvalue weighted by Crippen LogP contribution is -2.14. The quantitative estimate of drug-likeness (QED) is 0.198. The standard InChI is InChI=1S/C43H28N4/c1-43(2)31-19-8-5-15-27(31)37-30(18-11-20-32(37)43)39-28-16-6-9-21-33(28)44-42(45-39)47-35-22-10-7-17-29(35)38-40-26-14-4-3-13-25(26)34-23-12-24-36(41(38)47)46(34)40/h3-24H,1-2H3. The predicted molar refractivity (Wildman–Crippen MR) is 194 cm³/mol. The highest BCUT2D eigenvalue weighted by Gasteiger charge is 2.37. The van der Waals surface area contributed by atoms with Crippen LogP contribution in [0.4, 0.5) is 0 Å². The molecule has 10 aromatic rings. The van der Waals surface area contributed by atoms with Gasteiger partial charge in [-0.25, -0.2) is 9.97 Å². The summed E-state index contributed by atoms with van der Waals surface area (Å²) in [5, 5.41) is 6.05. The summed E-state index contributed by atoms with van der Waals surface area (Å²) in [6.07, 6.45) is 0. The molecule has 0 saturated heterocycles. The first-order valence-corrected chi connectivity index (χ1v) is 16.3. The molecule has 4 nitrogen and oxygen atoms in total. The minimum atomic E-state index is -0.0972. The van der Waals surface area contributed by atoms with Crippen LogP contribution in [0.2, 0.25) is 0 Å². The first-order chi connectivity index (χ1) is 23.1. The zero-order chi connectivity index (χ0) is 31.0. The van der Waals surface area contributed by atoms with Gasteiger partial charge in [-0.05, 0) is 46.5 Å². The summed E-state index contributed by atoms with van der Waals surface area (Å²) in [4.78, 5) is 10.9. The van der Waals surface area contributed by atoms with E-state index in [4.69, 9.17) is 9.97 Å². The van der Waals surface area contributed by atoms with E-state index in [1.54, 1.807) is 0 Å². The molecule has 5 aromatic heterocycles. The number of para-hydroxylation sites is 2. The average molecular weight is 601 g/mol. The topological polar surface area (TPSA) is 35.1 Å². The number of benzene rings is 5. The van der Waals surface area contributed by atoms with Crippen molar-refractivity contribution in [2.45, 2.75) is 19.3 Å². The van der Waals surface area contributed by atoms with Gasteiger partial charge in [0.05, 0.1) is 38.8 Å². The summed E-state index contributed by atoms with van der Waals surface area (Å²) in [7, 11) is 0. The molecule has 11 rings (SSSR count). The van der Waals surface area contributed by atoms with Crippen LogP contribution in [0.25, 0.3) is 88.4 Å². The summed E-state index contributed by atoms with van der Waals surface area (Å²) in [5.41, 5.74) is 14.1. The van der Waals surface area contributed by atoms with Crippen LogP contribution >= 0.6 is 0 Å². The van der Waals surface area contributed by atoms with Crippen LogP contribution in [0.5, 0.6) is 0 Å². The summed E-state index contributed by atoms with van der Waals surface area (Å²) < 4.78 is 4.74. The number of rotatable bonds is 2. The molecular formula is C43H28N4. The second-order valence-electron chi connectivity index (χ2n) is 13.4. The Morgan fingerprint density at radius 1 is 0.489 bits per heavy atom. The van der Waals surface area contributed by atoms with Gasteiger partial charge in [-0.2, -0.15) is 0 Å². The summed E-state index contributed by atoms with van der Waals surface area (Å²) in [6, 6.07) is 48.2. The van der Waals surface area contributed by atoms with E-state index in [0.29, 0.717) is 5.95 Å². The molecule has 5 heterocycles. The molecule has 0 N–H and O–H groups in total. The number of hydrogen-bond donors (Lipinski definition) is 0. The zero-order valence-corrected chi connectivity index (χ0v) is 26.0. The van der Waals surface area contributed by atoms with Gasteiger partial charge in [0.15, 0.2) is 0 Å². The lowest BCUT2D eigenvalue weighted by molar-refractivity contribution is 0.660. The molecule has 0 aliphatic heterocycles. The van der Waals surface area contributed by atoms with Crippen molar-refractivity contribution in [3.05, 3.63) is 145 Å². The molecule has 5 aromatic carbocycles. The summed E-state index contributed by atoms with van der Waals surface area (Å²) in [6.45, 7) is 4.67. The van der Waals surface area contributed by atoms with Crippen LogP contribution < -0.4 is 0 Å². The first-order valence-electron chi connectivity index (χ1n) is 16.3. The lowest BCUT2D eigenvalue weighted by atomic mass is 9.82. The van der Waals surface area contributed by atoms with Gasteiger partial charge in [-0.15, -0.1) is 0 Å². The third kappa shape index (κ3) is 3.03. The second-order valence-corrected chi connectivity index (χ2v) is 13.4. The van der Waals surface area contributed by atoms with Gasteiger partial charge in [0.2, 0.25) is 5.95 Å². The summed E-state index contributed by atoms with van der Waals surface area (Å²) in [5.74, 6) is 0.686. The Balaban J connectivity index is 1.30. The molecule has 0 fully saturated rings. The van der Waals surface area contributed by atoms with Gasteiger partial charge in [-0.1, -0.05) is 123 Å². The fourth-order valence-corrected chi connectivity index (χ4v) is 8.68. The molecule has 0 spiro atoms. The van der Waals surface area contributed by atoms with Gasteiger partial charge < -0.3 is 4.40 Å². The molecule has 1 aliphatic carbocycles. The van der Waals surface area contributed by atoms with E-state index in [0.717, 1.165) is 38.7 Å². The maximum absolute atomic E-state index is 5.56. The fourth-order valence-electron chi connectivity index (χ4n) is 8.68. The second kappa shape index (κ2) is 8.62. The number of pyridine rings is 1. The Kier molecular flexibility index (Phi) is 4.63. The Morgan fingerprint density at radius 2 is 1.13 bits per heavy atom. The molecule has 0 saturated carbocycles. The Bertz CT molecular complexity index is 2940. The molecule has 0 bridgehead atoms. The van der Waals surface area contributed by atoms with Crippen LogP contribution in [0.1, 0.15) is 25.0 Å². The molecule has 47 heavy (non-hydrogen) atoms. The molecule has 4 heteroatoms. The van der Waals surface area contributed by atoms with E-state index in [-0.39, 0.29) is 5.41 Å². The number of aromatic nitrogens is 4. The van der Waals surface area contributed by atoms with Crippen LogP contribution in [0.15, 0.2) is 133 Å². The molecule has 0 atom stereocenters. The molecule has 0 amide bonds. The highest BCUT2D eigenvalue weighted by molar-refractivity contribution is 6.30. The average Bonchev–Trinajstić information content (AvgIpc) is 3.81. The van der Waals surface area contributed by atoms with Crippen LogP contribution in [-0.4, -0.2) is 18.9 Å². The minimum absolute atomic E-state index is 0.0972. The number of hydrogen-bond acceptors (Lipinski definition) is 2. The highest BCUT2D eigenvalue weighted by atomic mass is 15.2. The van der Waals surface area contributed by atoms with Crippen molar-refractivity contribution < 1.29 is 0 Å². The van der Waals surface area contributed by atoms with E-state index >= 15 is 0 Å². The van der Waals surface area contributed by atoms with Gasteiger partial charge in [0, 0.05) is 37.9 Å². The van der Waals surface area contributed by atoms with Gasteiger partial charge in [-0.3, -0.25) is 4.57 Å². The van der Waals surface area contributed by atoms with Crippen LogP contribution in [-0.2, 0) is 5.41 Å². The zero-order valence-electron chi connectivity index (χ0n) is 26.0. The van der Waals surface area contributed by atoms with Crippen LogP contribution in [0.3, 0.4) is 0 Å². The Labute approximate surface area is 270 Å². The maximum atomic E-state index is 5.56. The van der Waals surface area contributed by atoms with Gasteiger partial charge >= 0.3 is 0 Å². The SMILES string of the molecule is CC1(C)c2ccccc2-c2c(-c3nc(-n4c5ccccc5c5c4c4cccc6c7ccccc7c5n64)nc4ccccc34)cccc21. The number of nitrogens with zero attached hydrogens (tertiary/aromatic N) is 4. The normalized spacial score (nSPS) is 13.9. The molecule has 1 aliphatic rings. The molecule has 0 unspecified atom stereocenters. The van der Waals surface area contributed by atoms with Crippen molar-refractivity contribution in [3.63, 3.8) is 0 Å². The fraction of sp³-hybridized carbons (Fsp3) is 0.0698. The third-order valence-electron chi connectivity index (χ3n) is 10.7. The summed E-state index contributed by atoms with van der Waals surface area (Å²) >= 11 is 0. The molecule has 0 radical (unpaired) electrons. The van der Waals surface area contributed by atoms with Crippen molar-refractivity contribution in [1.29, 1.82) is 0 Å². The van der Waals surface area contributed by atoms with Gasteiger partial charge in [0.25, 0.3) is 0 Å². The van der Waals surface area contributed by atoms with Crippen molar-refractivity contribution >= 4 is 60.0 Å². The van der Waals surface area contributed by atoms with Crippen molar-refractivity contribution in [2.24, 2.45) is 0 Å². The van der Waals surface area contributed by atoms with Crippen molar-refractivity contribution in [1.82, 2.24) is 18.9 Å². The molecular weight excluding hydrogens is 573 g/mol. The maximum Gasteiger partial charge on any atom is 0.235 e. The predicted octanol–water partition coefficient (Wildman–Crippen LogP) is 10.7. The smallest absolute Gasteiger partial charge is 0.235 e. The van der Waals surface area contributed by atoms with E-state index in [1.165, 1.54) is 54.8 Å². The largest absolute Gasteiger partial charge is 0.306 e. The Hall–Kier alpha value is -6.00. The van der Waals surface area contributed by atoms with Crippen molar-refractivity contribution in [2.75, 3.05) is 0 Å². The minimum Gasteiger partial charge on any atom is -0.306 e.